The fourth-order valence-electron chi connectivity index (χ4n) is 5.02. The van der Waals surface area contributed by atoms with E-state index in [-0.39, 0.29) is 6.54 Å². The van der Waals surface area contributed by atoms with Crippen molar-refractivity contribution >= 4 is 33.7 Å². The van der Waals surface area contributed by atoms with Crippen LogP contribution in [0.3, 0.4) is 0 Å². The van der Waals surface area contributed by atoms with Crippen molar-refractivity contribution in [2.75, 3.05) is 7.11 Å². The lowest BCUT2D eigenvalue weighted by atomic mass is 10.0. The summed E-state index contributed by atoms with van der Waals surface area (Å²) in [6.45, 7) is 0.653. The molecule has 0 amide bonds. The molecule has 0 N–H and O–H groups in total. The highest BCUT2D eigenvalue weighted by Gasteiger charge is 2.34. The first-order valence-corrected chi connectivity index (χ1v) is 15.2. The van der Waals surface area contributed by atoms with Crippen molar-refractivity contribution in [3.8, 4) is 11.5 Å². The van der Waals surface area contributed by atoms with Crippen LogP contribution in [0.2, 0.25) is 0 Å². The average Bonchev–Trinajstić information content (AvgIpc) is 3.09. The number of para-hydroxylation sites is 2. The smallest absolute Gasteiger partial charge is 0.343 e. The Labute approximate surface area is 270 Å². The van der Waals surface area contributed by atoms with Crippen LogP contribution in [0, 0.1) is 0 Å². The second-order valence-electron chi connectivity index (χ2n) is 10.3. The number of halogens is 1. The number of carbonyl (C=O) groups is 1. The molecule has 0 saturated heterocycles. The highest BCUT2D eigenvalue weighted by atomic mass is 79.9. The number of hydrazone groups is 1. The lowest BCUT2D eigenvalue weighted by molar-refractivity contribution is 0.0733. The molecule has 1 aliphatic rings. The molecule has 8 heteroatoms. The average molecular weight is 661 g/mol. The molecule has 5 aromatic carbocycles. The number of hydrogen-bond donors (Lipinski definition) is 0. The van der Waals surface area contributed by atoms with Gasteiger partial charge in [-0.05, 0) is 54.1 Å². The monoisotopic (exact) mass is 659 g/mol. The minimum atomic E-state index is -0.450. The first kappa shape index (κ1) is 29.8. The first-order valence-electron chi connectivity index (χ1n) is 14.4. The molecule has 1 heterocycles. The Morgan fingerprint density at radius 2 is 1.42 bits per heavy atom. The molecule has 7 nitrogen and oxygen atoms in total. The van der Waals surface area contributed by atoms with Crippen molar-refractivity contribution in [3.63, 3.8) is 0 Å². The maximum atomic E-state index is 12.9. The summed E-state index contributed by atoms with van der Waals surface area (Å²) in [5.74, 6) is 1.67. The summed E-state index contributed by atoms with van der Waals surface area (Å²) >= 11 is 3.56. The van der Waals surface area contributed by atoms with Gasteiger partial charge in [0.2, 0.25) is 11.8 Å². The van der Waals surface area contributed by atoms with Gasteiger partial charge in [0.15, 0.2) is 0 Å². The number of nitrogens with zero attached hydrogens (tertiary/aromatic N) is 3. The number of rotatable bonds is 9. The van der Waals surface area contributed by atoms with Gasteiger partial charge in [-0.15, -0.1) is 5.10 Å². The Morgan fingerprint density at radius 3 is 2.13 bits per heavy atom. The molecule has 45 heavy (non-hydrogen) atoms. The van der Waals surface area contributed by atoms with Gasteiger partial charge in [0.25, 0.3) is 0 Å². The van der Waals surface area contributed by atoms with E-state index in [2.05, 4.69) is 15.9 Å². The molecule has 0 unspecified atom stereocenters. The maximum absolute atomic E-state index is 12.9. The minimum Gasteiger partial charge on any atom is -0.496 e. The minimum absolute atomic E-state index is 0.213. The van der Waals surface area contributed by atoms with Crippen molar-refractivity contribution in [1.82, 2.24) is 5.01 Å². The van der Waals surface area contributed by atoms with Gasteiger partial charge in [-0.2, -0.15) is 0 Å². The number of esters is 1. The Balaban J connectivity index is 1.40. The van der Waals surface area contributed by atoms with E-state index in [0.29, 0.717) is 29.7 Å². The van der Waals surface area contributed by atoms with Crippen LogP contribution >= 0.6 is 15.9 Å². The zero-order chi connectivity index (χ0) is 31.0. The largest absolute Gasteiger partial charge is 0.496 e. The summed E-state index contributed by atoms with van der Waals surface area (Å²) in [5, 5.41) is 6.99. The molecule has 0 saturated carbocycles. The number of aliphatic imine (C=N–C) groups is 1. The number of carbonyl (C=O) groups excluding carboxylic acids is 1. The molecule has 5 aromatic rings. The van der Waals surface area contributed by atoms with Crippen LogP contribution < -0.4 is 9.47 Å². The predicted octanol–water partition coefficient (Wildman–Crippen LogP) is 8.21. The molecule has 1 aliphatic heterocycles. The zero-order valence-electron chi connectivity index (χ0n) is 24.5. The number of benzene rings is 5. The van der Waals surface area contributed by atoms with Gasteiger partial charge in [-0.3, -0.25) is 5.01 Å². The maximum Gasteiger partial charge on any atom is 0.343 e. The van der Waals surface area contributed by atoms with Gasteiger partial charge < -0.3 is 14.2 Å². The van der Waals surface area contributed by atoms with Crippen LogP contribution in [-0.2, 0) is 17.8 Å². The fraction of sp³-hybridized carbons (Fsp3) is 0.108. The molecule has 0 spiro atoms. The highest BCUT2D eigenvalue weighted by molar-refractivity contribution is 9.10. The van der Waals surface area contributed by atoms with Gasteiger partial charge in [0, 0.05) is 21.2 Å². The Morgan fingerprint density at radius 1 is 0.800 bits per heavy atom. The van der Waals surface area contributed by atoms with Gasteiger partial charge in [-0.1, -0.05) is 101 Å². The lowest BCUT2D eigenvalue weighted by Crippen LogP contribution is -2.38. The van der Waals surface area contributed by atoms with Crippen LogP contribution in [0.15, 0.2) is 148 Å². The summed E-state index contributed by atoms with van der Waals surface area (Å²) in [6.07, 6.45) is 0. The van der Waals surface area contributed by atoms with Crippen LogP contribution in [0.4, 0.5) is 0 Å². The van der Waals surface area contributed by atoms with E-state index in [9.17, 15) is 4.79 Å². The van der Waals surface area contributed by atoms with Crippen molar-refractivity contribution in [1.29, 1.82) is 0 Å². The lowest BCUT2D eigenvalue weighted by Gasteiger charge is -2.35. The Bertz CT molecular complexity index is 1830. The third kappa shape index (κ3) is 7.13. The SMILES string of the molecule is COc1ccccc1CN1N=C(c2ccccc2)OC(=NCc2ccccc2OC(=O)c2ccccc2)[C@H]1c1ccc(Br)cc1. The first-order chi connectivity index (χ1) is 22.1. The van der Waals surface area contributed by atoms with E-state index in [1.165, 1.54) is 0 Å². The Hall–Kier alpha value is -5.21. The molecule has 0 aromatic heterocycles. The van der Waals surface area contributed by atoms with Crippen molar-refractivity contribution in [2.45, 2.75) is 19.1 Å². The second kappa shape index (κ2) is 14.1. The van der Waals surface area contributed by atoms with Crippen LogP contribution in [-0.4, -0.2) is 29.9 Å². The van der Waals surface area contributed by atoms with E-state index < -0.39 is 12.0 Å². The third-order valence-electron chi connectivity index (χ3n) is 7.27. The predicted molar refractivity (Wildman–Crippen MR) is 178 cm³/mol. The molecular formula is C37H30BrN3O4. The van der Waals surface area contributed by atoms with E-state index >= 15 is 0 Å². The van der Waals surface area contributed by atoms with Gasteiger partial charge in [0.05, 0.1) is 25.8 Å². The van der Waals surface area contributed by atoms with Crippen LogP contribution in [0.5, 0.6) is 11.5 Å². The summed E-state index contributed by atoms with van der Waals surface area (Å²) < 4.78 is 19.0. The van der Waals surface area contributed by atoms with E-state index in [1.54, 1.807) is 37.4 Å². The summed E-state index contributed by atoms with van der Waals surface area (Å²) in [6, 6.07) is 41.6. The third-order valence-corrected chi connectivity index (χ3v) is 7.80. The Kier molecular flexibility index (Phi) is 9.32. The molecule has 0 fully saturated rings. The standard InChI is InChI=1S/C37H30BrN3O4/c1-43-32-18-10-9-17-30(32)25-41-34(26-20-22-31(38)23-21-26)36(45-35(40-41)27-12-4-2-5-13-27)39-24-29-16-8-11-19-33(29)44-37(42)28-14-6-3-7-15-28/h2-23,34H,24-25H2,1H3/t34-/m1/s1. The van der Waals surface area contributed by atoms with Gasteiger partial charge in [0.1, 0.15) is 17.5 Å². The second-order valence-corrected chi connectivity index (χ2v) is 11.2. The van der Waals surface area contributed by atoms with Crippen LogP contribution in [0.1, 0.15) is 38.7 Å². The van der Waals surface area contributed by atoms with Crippen molar-refractivity contribution in [3.05, 3.63) is 166 Å². The van der Waals surface area contributed by atoms with E-state index in [4.69, 9.17) is 24.3 Å². The normalized spacial score (nSPS) is 15.2. The molecule has 6 rings (SSSR count). The van der Waals surface area contributed by atoms with Crippen LogP contribution in [0.25, 0.3) is 0 Å². The summed E-state index contributed by atoms with van der Waals surface area (Å²) in [5.41, 5.74) is 3.96. The summed E-state index contributed by atoms with van der Waals surface area (Å²) in [4.78, 5) is 17.9. The topological polar surface area (TPSA) is 72.7 Å². The molecule has 224 valence electrons. The molecule has 0 aliphatic carbocycles. The highest BCUT2D eigenvalue weighted by Crippen LogP contribution is 2.33. The van der Waals surface area contributed by atoms with Crippen molar-refractivity contribution in [2.24, 2.45) is 10.1 Å². The van der Waals surface area contributed by atoms with E-state index in [0.717, 1.165) is 32.5 Å². The molecular weight excluding hydrogens is 630 g/mol. The van der Waals surface area contributed by atoms with E-state index in [1.807, 2.05) is 108 Å². The zero-order valence-corrected chi connectivity index (χ0v) is 26.1. The molecule has 1 atom stereocenters. The van der Waals surface area contributed by atoms with Gasteiger partial charge in [-0.25, -0.2) is 9.79 Å². The van der Waals surface area contributed by atoms with Crippen molar-refractivity contribution < 1.29 is 19.0 Å². The fourth-order valence-corrected chi connectivity index (χ4v) is 5.28. The molecule has 0 bridgehead atoms. The quantitative estimate of drug-likeness (QED) is 0.118. The molecule has 0 radical (unpaired) electrons. The number of ether oxygens (including phenoxy) is 3. The number of hydrogen-bond acceptors (Lipinski definition) is 7. The number of methoxy groups -OCH3 is 1. The summed E-state index contributed by atoms with van der Waals surface area (Å²) in [7, 11) is 1.66. The van der Waals surface area contributed by atoms with Gasteiger partial charge >= 0.3 is 5.97 Å².